The molecule has 1 aromatic heterocycles. The Balaban J connectivity index is 0. The normalized spacial score (nSPS) is 12.4. The molecular formula is C11H18ILiN2O2. The van der Waals surface area contributed by atoms with Crippen LogP contribution in [0, 0.1) is 4.93 Å². The molecule has 0 amide bonds. The smallest absolute Gasteiger partial charge is 0.397 e. The molecule has 0 atom stereocenters. The maximum atomic E-state index is 8.61. The van der Waals surface area contributed by atoms with Gasteiger partial charge in [-0.2, -0.15) is 0 Å². The Kier molecular flexibility index (Phi) is 16.4. The molecule has 1 aromatic rings. The Labute approximate surface area is 129 Å². The van der Waals surface area contributed by atoms with Crippen LogP contribution in [0.3, 0.4) is 0 Å². The van der Waals surface area contributed by atoms with Crippen molar-refractivity contribution >= 4 is 28.3 Å². The molecule has 0 saturated carbocycles. The van der Waals surface area contributed by atoms with Gasteiger partial charge >= 0.3 is 18.9 Å². The number of nitrogens with zero attached hydrogens (tertiary/aromatic N) is 1. The van der Waals surface area contributed by atoms with Gasteiger partial charge in [-0.15, -0.1) is 0 Å². The fourth-order valence-electron chi connectivity index (χ4n) is 1.09. The van der Waals surface area contributed by atoms with Gasteiger partial charge in [-0.1, -0.05) is 0 Å². The number of hydrogen-bond acceptors (Lipinski definition) is 4. The summed E-state index contributed by atoms with van der Waals surface area (Å²) in [5.74, 6) is 0. The molecule has 0 aromatic carbocycles. The second-order valence-corrected chi connectivity index (χ2v) is 3.05. The van der Waals surface area contributed by atoms with Gasteiger partial charge in [-0.3, -0.25) is 9.91 Å². The summed E-state index contributed by atoms with van der Waals surface area (Å²) in [7, 11) is 0. The number of anilines is 1. The van der Waals surface area contributed by atoms with E-state index in [0.717, 1.165) is 18.8 Å². The van der Waals surface area contributed by atoms with Crippen LogP contribution < -0.4 is 24.6 Å². The minimum atomic E-state index is -0.0195. The molecule has 0 aliphatic carbocycles. The van der Waals surface area contributed by atoms with Gasteiger partial charge in [0.05, 0.1) is 18.5 Å². The minimum absolute atomic E-state index is 0. The number of aliphatic hydroxyl groups is 1. The van der Waals surface area contributed by atoms with E-state index in [2.05, 4.69) is 9.91 Å². The third kappa shape index (κ3) is 9.86. The number of aromatic nitrogens is 1. The first kappa shape index (κ1) is 19.5. The summed E-state index contributed by atoms with van der Waals surface area (Å²) in [5, 5.41) is 8.61. The van der Waals surface area contributed by atoms with Crippen LogP contribution in [0.1, 0.15) is 18.4 Å². The van der Waals surface area contributed by atoms with Crippen LogP contribution in [0.5, 0.6) is 0 Å². The van der Waals surface area contributed by atoms with Gasteiger partial charge in [-0.05, 0) is 18.9 Å². The second-order valence-electron chi connectivity index (χ2n) is 3.05. The van der Waals surface area contributed by atoms with Crippen molar-refractivity contribution in [3.8, 4) is 0 Å². The van der Waals surface area contributed by atoms with Gasteiger partial charge in [0.15, 0.2) is 0 Å². The fourth-order valence-corrected chi connectivity index (χ4v) is 1.09. The molecule has 4 nitrogen and oxygen atoms in total. The number of nitrogens with two attached hydrogens (primary N) is 1. The largest absolute Gasteiger partial charge is 1.00 e. The van der Waals surface area contributed by atoms with E-state index < -0.39 is 0 Å². The van der Waals surface area contributed by atoms with E-state index in [1.165, 1.54) is 19.0 Å². The van der Waals surface area contributed by atoms with Crippen LogP contribution in [0.2, 0.25) is 0 Å². The minimum Gasteiger partial charge on any atom is -0.397 e. The number of aliphatic hydroxyl groups excluding tert-OH is 1. The molecule has 0 radical (unpaired) electrons. The Morgan fingerprint density at radius 3 is 2.29 bits per heavy atom. The summed E-state index contributed by atoms with van der Waals surface area (Å²) in [5.41, 5.74) is 6.68. The fraction of sp³-hybridized carbons (Fsp3) is 0.455. The van der Waals surface area contributed by atoms with Crippen molar-refractivity contribution in [3.63, 3.8) is 0 Å². The van der Waals surface area contributed by atoms with Gasteiger partial charge in [0, 0.05) is 25.0 Å². The topological polar surface area (TPSA) is 68.4 Å². The van der Waals surface area contributed by atoms with Gasteiger partial charge < -0.3 is 38.2 Å². The number of halogens is 1. The van der Waals surface area contributed by atoms with E-state index in [-0.39, 0.29) is 25.5 Å². The molecule has 1 saturated heterocycles. The third-order valence-electron chi connectivity index (χ3n) is 1.94. The van der Waals surface area contributed by atoms with E-state index >= 15 is 0 Å². The molecule has 2 heterocycles. The summed E-state index contributed by atoms with van der Waals surface area (Å²) in [6, 6.07) is 1.69. The second kappa shape index (κ2) is 14.3. The monoisotopic (exact) mass is 344 g/mol. The molecule has 1 aliphatic heterocycles. The van der Waals surface area contributed by atoms with Crippen molar-refractivity contribution in [1.29, 1.82) is 0 Å². The number of hydrogen-bond donors (Lipinski definition) is 2. The zero-order valence-corrected chi connectivity index (χ0v) is 12.4. The summed E-state index contributed by atoms with van der Waals surface area (Å²) < 4.78 is 4.94. The molecule has 92 valence electrons. The first-order chi connectivity index (χ1) is 7.84. The van der Waals surface area contributed by atoms with Gasteiger partial charge in [-0.25, -0.2) is 0 Å². The molecular weight excluding hydrogens is 326 g/mol. The van der Waals surface area contributed by atoms with Crippen molar-refractivity contribution in [1.82, 2.24) is 4.98 Å². The van der Waals surface area contributed by atoms with Crippen LogP contribution in [-0.4, -0.2) is 23.3 Å². The maximum Gasteiger partial charge on any atom is 1.00 e. The molecule has 0 spiro atoms. The predicted molar refractivity (Wildman–Crippen MR) is 74.0 cm³/mol. The van der Waals surface area contributed by atoms with Crippen molar-refractivity contribution in [2.75, 3.05) is 18.9 Å². The Morgan fingerprint density at radius 1 is 1.41 bits per heavy atom. The van der Waals surface area contributed by atoms with Crippen LogP contribution in [0.25, 0.3) is 0 Å². The Morgan fingerprint density at radius 2 is 2.00 bits per heavy atom. The summed E-state index contributed by atoms with van der Waals surface area (Å²) in [6.07, 6.45) is 5.67. The molecule has 0 unspecified atom stereocenters. The van der Waals surface area contributed by atoms with Gasteiger partial charge in [0.2, 0.25) is 0 Å². The first-order valence-corrected chi connectivity index (χ1v) is 6.51. The van der Waals surface area contributed by atoms with E-state index in [9.17, 15) is 0 Å². The van der Waals surface area contributed by atoms with Crippen LogP contribution >= 0.6 is 22.6 Å². The van der Waals surface area contributed by atoms with Crippen LogP contribution in [0.15, 0.2) is 18.5 Å². The maximum absolute atomic E-state index is 8.61. The van der Waals surface area contributed by atoms with Crippen molar-refractivity contribution in [2.24, 2.45) is 0 Å². The van der Waals surface area contributed by atoms with Crippen molar-refractivity contribution in [2.45, 2.75) is 19.4 Å². The molecule has 2 rings (SSSR count). The van der Waals surface area contributed by atoms with Crippen LogP contribution in [0.4, 0.5) is 5.69 Å². The number of nitrogen functional groups attached to an aromatic ring is 1. The number of pyridine rings is 1. The molecule has 1 fully saturated rings. The summed E-state index contributed by atoms with van der Waals surface area (Å²) >= 11 is 1.90. The first-order valence-electron chi connectivity index (χ1n) is 4.98. The predicted octanol–water partition coefficient (Wildman–Crippen LogP) is -0.830. The zero-order valence-electron chi connectivity index (χ0n) is 10.2. The van der Waals surface area contributed by atoms with Crippen molar-refractivity contribution < 1.29 is 28.7 Å². The quantitative estimate of drug-likeness (QED) is 0.397. The van der Waals surface area contributed by atoms with Crippen LogP contribution in [-0.2, 0) is 11.3 Å². The van der Waals surface area contributed by atoms with E-state index in [0.29, 0.717) is 5.69 Å². The molecule has 0 bridgehead atoms. The molecule has 3 N–H and O–H groups in total. The average molecular weight is 344 g/mol. The van der Waals surface area contributed by atoms with E-state index in [1.807, 2.05) is 22.6 Å². The molecule has 6 heteroatoms. The third-order valence-corrected chi connectivity index (χ3v) is 1.94. The Hall–Kier alpha value is 0.197. The van der Waals surface area contributed by atoms with E-state index in [1.54, 1.807) is 12.3 Å². The van der Waals surface area contributed by atoms with Gasteiger partial charge in [0.25, 0.3) is 0 Å². The van der Waals surface area contributed by atoms with Crippen molar-refractivity contribution in [3.05, 3.63) is 29.0 Å². The average Bonchev–Trinajstić information content (AvgIpc) is 2.91. The van der Waals surface area contributed by atoms with E-state index in [4.69, 9.17) is 15.6 Å². The Bertz CT molecular complexity index is 266. The summed E-state index contributed by atoms with van der Waals surface area (Å²) in [4.78, 5) is 6.98. The summed E-state index contributed by atoms with van der Waals surface area (Å²) in [6.45, 7) is 1.98. The standard InChI is InChI=1S/C6H8N2O.C4H8O.CH2I.Li/c7-6-3-8-2-1-5(6)4-9;1-2-4-5-3-1;1-2;/h1-3,9H,4,7H2;1-4H2;1H2;/q;;-1;+1. The zero-order chi connectivity index (χ0) is 12.2. The SMILES string of the molecule is C1CCOC1.Nc1cnccc1CO.[CH2-]I.[Li+]. The number of rotatable bonds is 1. The van der Waals surface area contributed by atoms with Gasteiger partial charge in [0.1, 0.15) is 0 Å². The molecule has 17 heavy (non-hydrogen) atoms. The number of ether oxygens (including phenoxy) is 1. The molecule has 1 aliphatic rings.